The van der Waals surface area contributed by atoms with E-state index in [4.69, 9.17) is 4.74 Å². The van der Waals surface area contributed by atoms with Gasteiger partial charge in [0.2, 0.25) is 5.91 Å². The zero-order chi connectivity index (χ0) is 15.2. The number of nitrogens with zero attached hydrogens (tertiary/aromatic N) is 1. The van der Waals surface area contributed by atoms with Crippen LogP contribution >= 0.6 is 0 Å². The van der Waals surface area contributed by atoms with Crippen LogP contribution in [0.4, 0.5) is 0 Å². The van der Waals surface area contributed by atoms with E-state index in [9.17, 15) is 4.79 Å². The Morgan fingerprint density at radius 2 is 1.76 bits per heavy atom. The van der Waals surface area contributed by atoms with E-state index < -0.39 is 0 Å². The van der Waals surface area contributed by atoms with Gasteiger partial charge in [0.1, 0.15) is 5.75 Å². The topological polar surface area (TPSA) is 41.6 Å². The van der Waals surface area contributed by atoms with Crippen LogP contribution in [0.5, 0.6) is 5.75 Å². The number of methoxy groups -OCH3 is 1. The lowest BCUT2D eigenvalue weighted by molar-refractivity contribution is -0.134. The first kappa shape index (κ1) is 15.8. The van der Waals surface area contributed by atoms with Gasteiger partial charge in [-0.3, -0.25) is 10.1 Å². The third-order valence-electron chi connectivity index (χ3n) is 4.15. The number of hydrogen-bond donors (Lipinski definition) is 1. The molecule has 1 amide bonds. The molecule has 2 atom stereocenters. The van der Waals surface area contributed by atoms with Gasteiger partial charge in [0.05, 0.1) is 13.2 Å². The van der Waals surface area contributed by atoms with Crippen LogP contribution in [0.15, 0.2) is 24.3 Å². The van der Waals surface area contributed by atoms with Crippen molar-refractivity contribution >= 4 is 5.91 Å². The lowest BCUT2D eigenvalue weighted by Gasteiger charge is -2.30. The molecule has 2 rings (SSSR count). The lowest BCUT2D eigenvalue weighted by atomic mass is 10.1. The zero-order valence-corrected chi connectivity index (χ0v) is 13.3. The van der Waals surface area contributed by atoms with Gasteiger partial charge in [-0.15, -0.1) is 0 Å². The highest BCUT2D eigenvalue weighted by molar-refractivity contribution is 5.81. The predicted molar refractivity (Wildman–Crippen MR) is 84.4 cm³/mol. The summed E-state index contributed by atoms with van der Waals surface area (Å²) in [7, 11) is 1.66. The van der Waals surface area contributed by atoms with Gasteiger partial charge in [-0.2, -0.15) is 0 Å². The quantitative estimate of drug-likeness (QED) is 0.906. The van der Waals surface area contributed by atoms with E-state index in [1.54, 1.807) is 7.11 Å². The van der Waals surface area contributed by atoms with Crippen molar-refractivity contribution in [2.24, 2.45) is 0 Å². The van der Waals surface area contributed by atoms with Crippen LogP contribution < -0.4 is 10.1 Å². The van der Waals surface area contributed by atoms with Gasteiger partial charge >= 0.3 is 0 Å². The molecular formula is C17H26N2O2. The van der Waals surface area contributed by atoms with Gasteiger partial charge in [-0.05, 0) is 50.8 Å². The predicted octanol–water partition coefficient (Wildman–Crippen LogP) is 2.75. The van der Waals surface area contributed by atoms with Crippen molar-refractivity contribution in [2.45, 2.75) is 45.2 Å². The molecule has 0 aliphatic carbocycles. The number of hydrogen-bond acceptors (Lipinski definition) is 3. The van der Waals surface area contributed by atoms with Gasteiger partial charge in [0.15, 0.2) is 0 Å². The molecule has 1 aromatic carbocycles. The molecule has 1 aromatic rings. The van der Waals surface area contributed by atoms with E-state index in [0.717, 1.165) is 37.2 Å². The standard InChI is InChI=1S/C17H26N2O2/c1-13(15-7-9-16(21-3)10-8-15)18-14(2)17(20)19-11-5-4-6-12-19/h7-10,13-14,18H,4-6,11-12H2,1-3H3/t13-,14?/m0/s1. The molecule has 1 saturated heterocycles. The Morgan fingerprint density at radius 3 is 2.33 bits per heavy atom. The second kappa shape index (κ2) is 7.46. The molecule has 4 heteroatoms. The number of amides is 1. The maximum Gasteiger partial charge on any atom is 0.239 e. The molecule has 116 valence electrons. The van der Waals surface area contributed by atoms with Crippen LogP contribution in [0, 0.1) is 0 Å². The molecule has 1 heterocycles. The Balaban J connectivity index is 1.90. The van der Waals surface area contributed by atoms with Crippen LogP contribution in [0.25, 0.3) is 0 Å². The van der Waals surface area contributed by atoms with Gasteiger partial charge in [-0.25, -0.2) is 0 Å². The second-order valence-corrected chi connectivity index (χ2v) is 5.77. The van der Waals surface area contributed by atoms with Gasteiger partial charge in [-0.1, -0.05) is 12.1 Å². The number of carbonyl (C=O) groups is 1. The molecular weight excluding hydrogens is 264 g/mol. The Morgan fingerprint density at radius 1 is 1.14 bits per heavy atom. The molecule has 1 aliphatic heterocycles. The maximum atomic E-state index is 12.4. The fourth-order valence-electron chi connectivity index (χ4n) is 2.82. The molecule has 0 aromatic heterocycles. The number of ether oxygens (including phenoxy) is 1. The Labute approximate surface area is 127 Å². The minimum absolute atomic E-state index is 0.139. The molecule has 1 unspecified atom stereocenters. The summed E-state index contributed by atoms with van der Waals surface area (Å²) < 4.78 is 5.17. The molecule has 0 radical (unpaired) electrons. The third kappa shape index (κ3) is 4.21. The van der Waals surface area contributed by atoms with Crippen LogP contribution in [-0.2, 0) is 4.79 Å². The second-order valence-electron chi connectivity index (χ2n) is 5.77. The summed E-state index contributed by atoms with van der Waals surface area (Å²) in [6.45, 7) is 5.85. The molecule has 21 heavy (non-hydrogen) atoms. The van der Waals surface area contributed by atoms with E-state index in [2.05, 4.69) is 12.2 Å². The maximum absolute atomic E-state index is 12.4. The third-order valence-corrected chi connectivity index (χ3v) is 4.15. The molecule has 1 fully saturated rings. The number of rotatable bonds is 5. The zero-order valence-electron chi connectivity index (χ0n) is 13.3. The van der Waals surface area contributed by atoms with Crippen molar-refractivity contribution in [3.05, 3.63) is 29.8 Å². The first-order chi connectivity index (χ1) is 10.1. The number of piperidine rings is 1. The van der Waals surface area contributed by atoms with E-state index in [0.29, 0.717) is 0 Å². The highest BCUT2D eigenvalue weighted by Gasteiger charge is 2.23. The lowest BCUT2D eigenvalue weighted by Crippen LogP contribution is -2.47. The fraction of sp³-hybridized carbons (Fsp3) is 0.588. The number of carbonyl (C=O) groups excluding carboxylic acids is 1. The first-order valence-corrected chi connectivity index (χ1v) is 7.80. The summed E-state index contributed by atoms with van der Waals surface area (Å²) in [6, 6.07) is 7.96. The Bertz CT molecular complexity index is 452. The van der Waals surface area contributed by atoms with Crippen LogP contribution in [0.1, 0.15) is 44.7 Å². The molecule has 0 saturated carbocycles. The van der Waals surface area contributed by atoms with Crippen LogP contribution in [-0.4, -0.2) is 37.0 Å². The molecule has 0 spiro atoms. The van der Waals surface area contributed by atoms with Gasteiger partial charge in [0.25, 0.3) is 0 Å². The van der Waals surface area contributed by atoms with Crippen molar-refractivity contribution in [2.75, 3.05) is 20.2 Å². The summed E-state index contributed by atoms with van der Waals surface area (Å²) >= 11 is 0. The largest absolute Gasteiger partial charge is 0.497 e. The summed E-state index contributed by atoms with van der Waals surface area (Å²) in [5, 5.41) is 3.40. The summed E-state index contributed by atoms with van der Waals surface area (Å²) in [4.78, 5) is 14.4. The average Bonchev–Trinajstić information content (AvgIpc) is 2.55. The van der Waals surface area contributed by atoms with E-state index in [-0.39, 0.29) is 18.0 Å². The van der Waals surface area contributed by atoms with Gasteiger partial charge in [0, 0.05) is 19.1 Å². The summed E-state index contributed by atoms with van der Waals surface area (Å²) in [6.07, 6.45) is 3.51. The monoisotopic (exact) mass is 290 g/mol. The van der Waals surface area contributed by atoms with Crippen molar-refractivity contribution in [3.8, 4) is 5.75 Å². The van der Waals surface area contributed by atoms with Crippen molar-refractivity contribution in [3.63, 3.8) is 0 Å². The van der Waals surface area contributed by atoms with E-state index >= 15 is 0 Å². The molecule has 0 bridgehead atoms. The fourth-order valence-corrected chi connectivity index (χ4v) is 2.82. The van der Waals surface area contributed by atoms with Gasteiger partial charge < -0.3 is 9.64 Å². The smallest absolute Gasteiger partial charge is 0.239 e. The molecule has 4 nitrogen and oxygen atoms in total. The summed E-state index contributed by atoms with van der Waals surface area (Å²) in [5.74, 6) is 1.07. The van der Waals surface area contributed by atoms with Crippen molar-refractivity contribution < 1.29 is 9.53 Å². The van der Waals surface area contributed by atoms with E-state index in [1.807, 2.05) is 36.1 Å². The SMILES string of the molecule is COc1ccc([C@H](C)NC(C)C(=O)N2CCCCC2)cc1. The Hall–Kier alpha value is -1.55. The van der Waals surface area contributed by atoms with Crippen molar-refractivity contribution in [1.82, 2.24) is 10.2 Å². The molecule has 1 N–H and O–H groups in total. The van der Waals surface area contributed by atoms with Crippen molar-refractivity contribution in [1.29, 1.82) is 0 Å². The van der Waals surface area contributed by atoms with Crippen LogP contribution in [0.2, 0.25) is 0 Å². The highest BCUT2D eigenvalue weighted by atomic mass is 16.5. The number of likely N-dealkylation sites (tertiary alicyclic amines) is 1. The first-order valence-electron chi connectivity index (χ1n) is 7.80. The molecule has 1 aliphatic rings. The minimum Gasteiger partial charge on any atom is -0.497 e. The highest BCUT2D eigenvalue weighted by Crippen LogP contribution is 2.18. The van der Waals surface area contributed by atoms with E-state index in [1.165, 1.54) is 6.42 Å². The number of nitrogens with one attached hydrogen (secondary N) is 1. The Kier molecular flexibility index (Phi) is 5.62. The normalized spacial score (nSPS) is 18.1. The minimum atomic E-state index is -0.153. The summed E-state index contributed by atoms with van der Waals surface area (Å²) in [5.41, 5.74) is 1.16. The number of benzene rings is 1. The van der Waals surface area contributed by atoms with Crippen LogP contribution in [0.3, 0.4) is 0 Å². The average molecular weight is 290 g/mol.